The zero-order chi connectivity index (χ0) is 41.8. The molecule has 0 saturated heterocycles. The molecule has 2 unspecified atom stereocenters. The first-order valence-electron chi connectivity index (χ1n) is 21.7. The highest BCUT2D eigenvalue weighted by Gasteiger charge is 2.26. The maximum atomic E-state index is 12.5. The van der Waals surface area contributed by atoms with Gasteiger partial charge in [0.05, 0.1) is 13.2 Å². The summed E-state index contributed by atoms with van der Waals surface area (Å²) >= 11 is 0. The van der Waals surface area contributed by atoms with E-state index in [0.29, 0.717) is 6.42 Å². The number of esters is 2. The van der Waals surface area contributed by atoms with Gasteiger partial charge in [0.1, 0.15) is 6.61 Å². The van der Waals surface area contributed by atoms with Gasteiger partial charge in [-0.2, -0.15) is 0 Å². The van der Waals surface area contributed by atoms with E-state index in [9.17, 15) is 19.0 Å². The zero-order valence-corrected chi connectivity index (χ0v) is 36.4. The van der Waals surface area contributed by atoms with Gasteiger partial charge in [0, 0.05) is 19.4 Å². The SMILES string of the molecule is CC/C=C\C/C=C\C/C=C\C/C=C\C/C=C\C/C=C\C/C=C\C/C=C\CCCCCCC(=O)OC(COC(=O)CCCCCCCCC)COP(=O)(O)OCCN. The quantitative estimate of drug-likeness (QED) is 0.0269. The maximum Gasteiger partial charge on any atom is 0.472 e. The van der Waals surface area contributed by atoms with E-state index in [2.05, 4.69) is 111 Å². The van der Waals surface area contributed by atoms with Crippen LogP contribution in [0.4, 0.5) is 0 Å². The average molecular weight is 816 g/mol. The fraction of sp³-hybridized carbons (Fsp3) is 0.617. The molecule has 0 aliphatic heterocycles. The van der Waals surface area contributed by atoms with Crippen molar-refractivity contribution >= 4 is 19.8 Å². The Hall–Kier alpha value is -3.07. The van der Waals surface area contributed by atoms with E-state index < -0.39 is 32.5 Å². The molecule has 0 rings (SSSR count). The molecule has 0 aromatic heterocycles. The van der Waals surface area contributed by atoms with E-state index in [4.69, 9.17) is 24.3 Å². The smallest absolute Gasteiger partial charge is 0.462 e. The molecule has 0 heterocycles. The largest absolute Gasteiger partial charge is 0.472 e. The molecule has 0 aromatic carbocycles. The number of unbranched alkanes of at least 4 members (excludes halogenated alkanes) is 10. The first-order chi connectivity index (χ1) is 27.8. The molecule has 2 atom stereocenters. The monoisotopic (exact) mass is 816 g/mol. The van der Waals surface area contributed by atoms with Crippen LogP contribution in [-0.4, -0.2) is 49.3 Å². The second kappa shape index (κ2) is 42.5. The molecular formula is C47H78NO8P. The standard InChI is InChI=1S/C47H78NO8P/c1-3-5-7-9-11-12-13-14-15-16-17-18-19-20-21-22-23-24-25-26-27-28-29-30-31-32-34-36-38-40-47(50)56-45(44-55-57(51,52)54-42-41-48)43-53-46(49)39-37-35-33-10-8-6-4-2/h5,7,11-12,14-15,17-18,20-21,23-24,26-27,29-30,45H,3-4,6,8-10,13,16,19,22,25,28,31-44,48H2,1-2H3,(H,51,52)/b7-5-,12-11-,15-14-,18-17-,21-20-,24-23-,27-26-,30-29-. The highest BCUT2D eigenvalue weighted by molar-refractivity contribution is 7.47. The lowest BCUT2D eigenvalue weighted by Crippen LogP contribution is -2.29. The van der Waals surface area contributed by atoms with E-state index in [-0.39, 0.29) is 32.6 Å². The Labute approximate surface area is 346 Å². The van der Waals surface area contributed by atoms with Gasteiger partial charge in [-0.05, 0) is 77.0 Å². The van der Waals surface area contributed by atoms with Crippen molar-refractivity contribution in [1.29, 1.82) is 0 Å². The molecule has 0 radical (unpaired) electrons. The Morgan fingerprint density at radius 1 is 0.544 bits per heavy atom. The molecule has 0 aliphatic rings. The second-order valence-corrected chi connectivity index (χ2v) is 15.3. The van der Waals surface area contributed by atoms with Crippen LogP contribution in [0.2, 0.25) is 0 Å². The first kappa shape index (κ1) is 53.9. The minimum Gasteiger partial charge on any atom is -0.462 e. The van der Waals surface area contributed by atoms with E-state index in [1.54, 1.807) is 0 Å². The number of carbonyl (C=O) groups excluding carboxylic acids is 2. The van der Waals surface area contributed by atoms with Gasteiger partial charge in [0.25, 0.3) is 0 Å². The molecule has 57 heavy (non-hydrogen) atoms. The van der Waals surface area contributed by atoms with Crippen LogP contribution in [-0.2, 0) is 32.7 Å². The molecule has 10 heteroatoms. The lowest BCUT2D eigenvalue weighted by Gasteiger charge is -2.19. The molecule has 0 fully saturated rings. The number of phosphoric ester groups is 1. The van der Waals surface area contributed by atoms with E-state index in [1.807, 2.05) is 0 Å². The van der Waals surface area contributed by atoms with Gasteiger partial charge in [0.2, 0.25) is 0 Å². The predicted molar refractivity (Wildman–Crippen MR) is 238 cm³/mol. The number of hydrogen-bond donors (Lipinski definition) is 2. The molecule has 9 nitrogen and oxygen atoms in total. The summed E-state index contributed by atoms with van der Waals surface area (Å²) in [6.45, 7) is 3.50. The van der Waals surface area contributed by atoms with Gasteiger partial charge in [-0.1, -0.05) is 162 Å². The van der Waals surface area contributed by atoms with Crippen molar-refractivity contribution in [2.24, 2.45) is 5.73 Å². The summed E-state index contributed by atoms with van der Waals surface area (Å²) in [6.07, 6.45) is 54.7. The summed E-state index contributed by atoms with van der Waals surface area (Å²) in [6, 6.07) is 0. The second-order valence-electron chi connectivity index (χ2n) is 13.8. The molecule has 0 aliphatic carbocycles. The van der Waals surface area contributed by atoms with E-state index in [0.717, 1.165) is 103 Å². The fourth-order valence-corrected chi connectivity index (χ4v) is 6.06. The topological polar surface area (TPSA) is 134 Å². The zero-order valence-electron chi connectivity index (χ0n) is 35.5. The van der Waals surface area contributed by atoms with Crippen molar-refractivity contribution < 1.29 is 37.6 Å². The summed E-state index contributed by atoms with van der Waals surface area (Å²) in [7, 11) is -4.38. The van der Waals surface area contributed by atoms with Gasteiger partial charge >= 0.3 is 19.8 Å². The van der Waals surface area contributed by atoms with Crippen LogP contribution in [0.3, 0.4) is 0 Å². The lowest BCUT2D eigenvalue weighted by molar-refractivity contribution is -0.161. The Morgan fingerprint density at radius 2 is 0.965 bits per heavy atom. The van der Waals surface area contributed by atoms with Crippen LogP contribution in [0.5, 0.6) is 0 Å². The van der Waals surface area contributed by atoms with Crippen molar-refractivity contribution in [1.82, 2.24) is 0 Å². The van der Waals surface area contributed by atoms with E-state index in [1.165, 1.54) is 19.3 Å². The van der Waals surface area contributed by atoms with Crippen LogP contribution in [0.15, 0.2) is 97.2 Å². The number of hydrogen-bond acceptors (Lipinski definition) is 8. The predicted octanol–water partition coefficient (Wildman–Crippen LogP) is 12.6. The third-order valence-electron chi connectivity index (χ3n) is 8.48. The third kappa shape index (κ3) is 42.4. The summed E-state index contributed by atoms with van der Waals surface area (Å²) in [5.41, 5.74) is 5.33. The number of phosphoric acid groups is 1. The normalized spacial score (nSPS) is 14.2. The van der Waals surface area contributed by atoms with Crippen molar-refractivity contribution in [2.45, 2.75) is 161 Å². The lowest BCUT2D eigenvalue weighted by atomic mass is 10.1. The highest BCUT2D eigenvalue weighted by Crippen LogP contribution is 2.43. The van der Waals surface area contributed by atoms with Crippen molar-refractivity contribution in [3.8, 4) is 0 Å². The number of allylic oxidation sites excluding steroid dienone is 16. The van der Waals surface area contributed by atoms with Gasteiger partial charge in [0.15, 0.2) is 6.10 Å². The summed E-state index contributed by atoms with van der Waals surface area (Å²) in [4.78, 5) is 34.6. The van der Waals surface area contributed by atoms with Crippen molar-refractivity contribution in [3.63, 3.8) is 0 Å². The summed E-state index contributed by atoms with van der Waals surface area (Å²) in [5.74, 6) is -0.875. The molecule has 324 valence electrons. The van der Waals surface area contributed by atoms with Crippen LogP contribution >= 0.6 is 7.82 Å². The fourth-order valence-electron chi connectivity index (χ4n) is 5.29. The third-order valence-corrected chi connectivity index (χ3v) is 9.47. The number of nitrogens with two attached hydrogens (primary N) is 1. The van der Waals surface area contributed by atoms with E-state index >= 15 is 0 Å². The number of ether oxygens (including phenoxy) is 2. The number of carbonyl (C=O) groups is 2. The Bertz CT molecular complexity index is 1250. The van der Waals surface area contributed by atoms with Crippen molar-refractivity contribution in [3.05, 3.63) is 97.2 Å². The number of rotatable bonds is 39. The van der Waals surface area contributed by atoms with Crippen molar-refractivity contribution in [2.75, 3.05) is 26.4 Å². The summed E-state index contributed by atoms with van der Waals surface area (Å²) in [5, 5.41) is 0. The molecule has 0 bridgehead atoms. The van der Waals surface area contributed by atoms with Gasteiger partial charge in [-0.25, -0.2) is 4.57 Å². The Kier molecular flexibility index (Phi) is 40.2. The van der Waals surface area contributed by atoms with Gasteiger partial charge in [-0.15, -0.1) is 0 Å². The highest BCUT2D eigenvalue weighted by atomic mass is 31.2. The summed E-state index contributed by atoms with van der Waals surface area (Å²) < 4.78 is 32.6. The first-order valence-corrected chi connectivity index (χ1v) is 23.2. The molecular weight excluding hydrogens is 737 g/mol. The minimum absolute atomic E-state index is 0.0441. The Morgan fingerprint density at radius 3 is 1.44 bits per heavy atom. The average Bonchev–Trinajstić information content (AvgIpc) is 3.20. The van der Waals surface area contributed by atoms with Crippen LogP contribution in [0, 0.1) is 0 Å². The van der Waals surface area contributed by atoms with Gasteiger partial charge in [-0.3, -0.25) is 18.6 Å². The molecule has 3 N–H and O–H groups in total. The van der Waals surface area contributed by atoms with Crippen LogP contribution in [0.1, 0.15) is 155 Å². The van der Waals surface area contributed by atoms with Gasteiger partial charge < -0.3 is 20.1 Å². The maximum absolute atomic E-state index is 12.5. The van der Waals surface area contributed by atoms with Crippen LogP contribution < -0.4 is 5.73 Å². The van der Waals surface area contributed by atoms with Crippen LogP contribution in [0.25, 0.3) is 0 Å². The molecule has 0 amide bonds. The molecule has 0 spiro atoms. The molecule has 0 saturated carbocycles. The minimum atomic E-state index is -4.38. The Balaban J connectivity index is 4.11. The molecule has 0 aromatic rings.